The minimum Gasteiger partial charge on any atom is -0.289 e. The lowest BCUT2D eigenvalue weighted by molar-refractivity contribution is -0.345. The summed E-state index contributed by atoms with van der Waals surface area (Å²) in [7, 11) is 0. The topological polar surface area (TPSA) is 38.7 Å². The molecule has 0 aliphatic heterocycles. The van der Waals surface area contributed by atoms with E-state index in [0.717, 1.165) is 0 Å². The summed E-state index contributed by atoms with van der Waals surface area (Å²) in [6, 6.07) is -0.180. The van der Waals surface area contributed by atoms with Crippen molar-refractivity contribution in [3.8, 4) is 0 Å². The third kappa shape index (κ3) is 3.89. The maximum absolute atomic E-state index is 11.8. The van der Waals surface area contributed by atoms with Crippen molar-refractivity contribution in [2.24, 2.45) is 4.99 Å². The summed E-state index contributed by atoms with van der Waals surface area (Å²) in [4.78, 5) is 13.4. The van der Waals surface area contributed by atoms with E-state index < -0.39 is 12.5 Å². The zero-order valence-electron chi connectivity index (χ0n) is 7.38. The number of ether oxygens (including phenoxy) is 1. The Labute approximate surface area is 79.0 Å². The van der Waals surface area contributed by atoms with Crippen LogP contribution in [-0.4, -0.2) is 24.6 Å². The van der Waals surface area contributed by atoms with Gasteiger partial charge in [0.1, 0.15) is 0 Å². The molecule has 0 N–H and O–H groups in total. The fourth-order valence-electron chi connectivity index (χ4n) is 1.56. The molecule has 1 aliphatic rings. The molecule has 0 bridgehead atoms. The Balaban J connectivity index is 2.32. The number of carbonyl (C=O) groups excluding carboxylic acids is 1. The standard InChI is InChI=1S/C8H10F3NO2/c9-8(10,11)14-7-3-1-6(2-4-7)12-5-13/h6-7H,1-4H2. The molecule has 80 valence electrons. The first kappa shape index (κ1) is 11.2. The van der Waals surface area contributed by atoms with Gasteiger partial charge in [0.05, 0.1) is 12.1 Å². The zero-order chi connectivity index (χ0) is 10.6. The van der Waals surface area contributed by atoms with Gasteiger partial charge in [-0.25, -0.2) is 9.79 Å². The lowest BCUT2D eigenvalue weighted by atomic mass is 9.93. The SMILES string of the molecule is O=C=NC1CCC(OC(F)(F)F)CC1. The second-order valence-electron chi connectivity index (χ2n) is 3.21. The van der Waals surface area contributed by atoms with E-state index >= 15 is 0 Å². The van der Waals surface area contributed by atoms with E-state index in [9.17, 15) is 18.0 Å². The Morgan fingerprint density at radius 2 is 1.79 bits per heavy atom. The van der Waals surface area contributed by atoms with Gasteiger partial charge in [0.25, 0.3) is 0 Å². The molecule has 0 spiro atoms. The number of halogens is 3. The molecule has 0 aromatic heterocycles. The number of nitrogens with zero attached hydrogens (tertiary/aromatic N) is 1. The van der Waals surface area contributed by atoms with Gasteiger partial charge in [-0.1, -0.05) is 0 Å². The van der Waals surface area contributed by atoms with Gasteiger partial charge in [-0.3, -0.25) is 4.74 Å². The van der Waals surface area contributed by atoms with Crippen LogP contribution in [-0.2, 0) is 9.53 Å². The van der Waals surface area contributed by atoms with E-state index in [0.29, 0.717) is 12.8 Å². The fourth-order valence-corrected chi connectivity index (χ4v) is 1.56. The summed E-state index contributed by atoms with van der Waals surface area (Å²) in [6.45, 7) is 0. The minimum atomic E-state index is -4.56. The van der Waals surface area contributed by atoms with Crippen LogP contribution >= 0.6 is 0 Å². The summed E-state index contributed by atoms with van der Waals surface area (Å²) in [5, 5.41) is 0. The third-order valence-corrected chi connectivity index (χ3v) is 2.18. The number of rotatable bonds is 2. The largest absolute Gasteiger partial charge is 0.522 e. The van der Waals surface area contributed by atoms with Crippen LogP contribution in [0, 0.1) is 0 Å². The quantitative estimate of drug-likeness (QED) is 0.516. The van der Waals surface area contributed by atoms with Gasteiger partial charge >= 0.3 is 6.36 Å². The Kier molecular flexibility index (Phi) is 3.66. The molecule has 3 nitrogen and oxygen atoms in total. The Morgan fingerprint density at radius 1 is 1.21 bits per heavy atom. The molecule has 1 fully saturated rings. The van der Waals surface area contributed by atoms with Crippen LogP contribution in [0.1, 0.15) is 25.7 Å². The van der Waals surface area contributed by atoms with Crippen molar-refractivity contribution in [1.82, 2.24) is 0 Å². The maximum Gasteiger partial charge on any atom is 0.522 e. The van der Waals surface area contributed by atoms with Gasteiger partial charge in [-0.2, -0.15) is 0 Å². The molecule has 1 aliphatic carbocycles. The normalized spacial score (nSPS) is 28.2. The Hall–Kier alpha value is -0.870. The molecule has 0 amide bonds. The van der Waals surface area contributed by atoms with Crippen LogP contribution in [0.15, 0.2) is 4.99 Å². The molecular formula is C8H10F3NO2. The van der Waals surface area contributed by atoms with Crippen LogP contribution in [0.25, 0.3) is 0 Å². The predicted octanol–water partition coefficient (Wildman–Crippen LogP) is 2.17. The van der Waals surface area contributed by atoms with E-state index in [-0.39, 0.29) is 18.9 Å². The third-order valence-electron chi connectivity index (χ3n) is 2.18. The average Bonchev–Trinajstić information content (AvgIpc) is 2.06. The van der Waals surface area contributed by atoms with Crippen molar-refractivity contribution in [2.45, 2.75) is 44.2 Å². The highest BCUT2D eigenvalue weighted by Crippen LogP contribution is 2.28. The molecule has 0 radical (unpaired) electrons. The van der Waals surface area contributed by atoms with Gasteiger partial charge in [0.2, 0.25) is 6.08 Å². The van der Waals surface area contributed by atoms with E-state index in [2.05, 4.69) is 9.73 Å². The maximum atomic E-state index is 11.8. The van der Waals surface area contributed by atoms with Crippen molar-refractivity contribution in [2.75, 3.05) is 0 Å². The summed E-state index contributed by atoms with van der Waals surface area (Å²) < 4.78 is 39.2. The zero-order valence-corrected chi connectivity index (χ0v) is 7.38. The molecule has 0 aromatic rings. The average molecular weight is 209 g/mol. The second-order valence-corrected chi connectivity index (χ2v) is 3.21. The van der Waals surface area contributed by atoms with Gasteiger partial charge < -0.3 is 0 Å². The number of aliphatic imine (C=N–C) groups is 1. The number of alkyl halides is 3. The molecule has 0 aromatic carbocycles. The van der Waals surface area contributed by atoms with E-state index in [1.807, 2.05) is 0 Å². The molecule has 6 heteroatoms. The van der Waals surface area contributed by atoms with E-state index in [4.69, 9.17) is 0 Å². The lowest BCUT2D eigenvalue weighted by Crippen LogP contribution is -2.29. The van der Waals surface area contributed by atoms with Gasteiger partial charge in [0.15, 0.2) is 0 Å². The van der Waals surface area contributed by atoms with Gasteiger partial charge in [0, 0.05) is 0 Å². The summed E-state index contributed by atoms with van der Waals surface area (Å²) in [5.41, 5.74) is 0. The van der Waals surface area contributed by atoms with Crippen LogP contribution in [0.4, 0.5) is 13.2 Å². The smallest absolute Gasteiger partial charge is 0.289 e. The van der Waals surface area contributed by atoms with Crippen molar-refractivity contribution in [1.29, 1.82) is 0 Å². The van der Waals surface area contributed by atoms with Crippen LogP contribution in [0.3, 0.4) is 0 Å². The molecule has 0 unspecified atom stereocenters. The van der Waals surface area contributed by atoms with Gasteiger partial charge in [-0.15, -0.1) is 13.2 Å². The van der Waals surface area contributed by atoms with Crippen LogP contribution < -0.4 is 0 Å². The number of hydrogen-bond acceptors (Lipinski definition) is 3. The van der Waals surface area contributed by atoms with Crippen molar-refractivity contribution >= 4 is 6.08 Å². The van der Waals surface area contributed by atoms with Crippen molar-refractivity contribution in [3.05, 3.63) is 0 Å². The summed E-state index contributed by atoms with van der Waals surface area (Å²) >= 11 is 0. The number of isocyanates is 1. The minimum absolute atomic E-state index is 0.180. The van der Waals surface area contributed by atoms with Gasteiger partial charge in [-0.05, 0) is 25.7 Å². The number of hydrogen-bond donors (Lipinski definition) is 0. The highest BCUT2D eigenvalue weighted by atomic mass is 19.4. The molecule has 0 saturated heterocycles. The molecule has 0 heterocycles. The fraction of sp³-hybridized carbons (Fsp3) is 0.875. The second kappa shape index (κ2) is 4.57. The Bertz CT molecular complexity index is 227. The first-order valence-electron chi connectivity index (χ1n) is 4.33. The van der Waals surface area contributed by atoms with Crippen LogP contribution in [0.2, 0.25) is 0 Å². The first-order valence-corrected chi connectivity index (χ1v) is 4.33. The van der Waals surface area contributed by atoms with Crippen molar-refractivity contribution < 1.29 is 22.7 Å². The highest BCUT2D eigenvalue weighted by Gasteiger charge is 2.35. The predicted molar refractivity (Wildman–Crippen MR) is 41.3 cm³/mol. The first-order chi connectivity index (χ1) is 6.51. The molecule has 1 saturated carbocycles. The van der Waals surface area contributed by atoms with Crippen molar-refractivity contribution in [3.63, 3.8) is 0 Å². The molecular weight excluding hydrogens is 199 g/mol. The highest BCUT2D eigenvalue weighted by molar-refractivity contribution is 5.33. The van der Waals surface area contributed by atoms with E-state index in [1.165, 1.54) is 6.08 Å². The molecule has 14 heavy (non-hydrogen) atoms. The summed E-state index contributed by atoms with van der Waals surface area (Å²) in [6.07, 6.45) is -2.45. The Morgan fingerprint density at radius 3 is 2.21 bits per heavy atom. The lowest BCUT2D eigenvalue weighted by Gasteiger charge is -2.25. The molecule has 1 rings (SSSR count). The summed E-state index contributed by atoms with van der Waals surface area (Å²) in [5.74, 6) is 0. The van der Waals surface area contributed by atoms with Crippen LogP contribution in [0.5, 0.6) is 0 Å². The molecule has 0 atom stereocenters. The monoisotopic (exact) mass is 209 g/mol. The van der Waals surface area contributed by atoms with E-state index in [1.54, 1.807) is 0 Å².